The van der Waals surface area contributed by atoms with Crippen LogP contribution in [-0.4, -0.2) is 11.7 Å². The predicted molar refractivity (Wildman–Crippen MR) is 82.0 cm³/mol. The summed E-state index contributed by atoms with van der Waals surface area (Å²) in [6.07, 6.45) is 0. The van der Waals surface area contributed by atoms with Crippen LogP contribution in [0.1, 0.15) is 5.56 Å². The third-order valence-electron chi connectivity index (χ3n) is 2.54. The van der Waals surface area contributed by atoms with Crippen LogP contribution in [0.3, 0.4) is 0 Å². The molecule has 98 valence electrons. The molecule has 1 amide bonds. The van der Waals surface area contributed by atoms with Gasteiger partial charge < -0.3 is 5.32 Å². The molecule has 1 N–H and O–H groups in total. The van der Waals surface area contributed by atoms with Crippen LogP contribution in [0, 0.1) is 6.92 Å². The number of nitrogens with one attached hydrogen (secondary N) is 1. The Morgan fingerprint density at radius 3 is 2.53 bits per heavy atom. The molecule has 0 radical (unpaired) electrons. The number of carbonyl (C=O) groups excluding carboxylic acids is 1. The first-order valence-electron chi connectivity index (χ1n) is 5.89. The molecule has 4 heteroatoms. The standard InChI is InChI=1S/C15H14ClNOS/c1-11-6-8-12(9-7-11)19-10-15(18)17-14-5-3-2-4-13(14)16/h2-9H,10H2,1H3,(H,17,18). The Morgan fingerprint density at radius 1 is 1.16 bits per heavy atom. The Kier molecular flexibility index (Phi) is 4.88. The summed E-state index contributed by atoms with van der Waals surface area (Å²) in [5, 5.41) is 3.35. The van der Waals surface area contributed by atoms with E-state index in [0.717, 1.165) is 4.90 Å². The van der Waals surface area contributed by atoms with Crippen molar-refractivity contribution in [3.63, 3.8) is 0 Å². The maximum Gasteiger partial charge on any atom is 0.234 e. The van der Waals surface area contributed by atoms with Gasteiger partial charge in [0.15, 0.2) is 0 Å². The van der Waals surface area contributed by atoms with E-state index in [4.69, 9.17) is 11.6 Å². The third-order valence-corrected chi connectivity index (χ3v) is 3.88. The van der Waals surface area contributed by atoms with Crippen LogP contribution in [0.5, 0.6) is 0 Å². The summed E-state index contributed by atoms with van der Waals surface area (Å²) in [4.78, 5) is 12.9. The van der Waals surface area contributed by atoms with Gasteiger partial charge in [0.05, 0.1) is 16.5 Å². The van der Waals surface area contributed by atoms with Crippen LogP contribution in [0.15, 0.2) is 53.4 Å². The summed E-state index contributed by atoms with van der Waals surface area (Å²) in [6, 6.07) is 15.3. The number of carbonyl (C=O) groups is 1. The molecule has 0 aliphatic rings. The van der Waals surface area contributed by atoms with Crippen LogP contribution in [0.25, 0.3) is 0 Å². The number of hydrogen-bond donors (Lipinski definition) is 1. The maximum absolute atomic E-state index is 11.8. The van der Waals surface area contributed by atoms with Gasteiger partial charge in [-0.2, -0.15) is 0 Å². The lowest BCUT2D eigenvalue weighted by Gasteiger charge is -2.06. The molecule has 2 aromatic rings. The average Bonchev–Trinajstić information content (AvgIpc) is 2.41. The van der Waals surface area contributed by atoms with Crippen molar-refractivity contribution in [3.8, 4) is 0 Å². The van der Waals surface area contributed by atoms with Crippen LogP contribution in [0.4, 0.5) is 5.69 Å². The zero-order chi connectivity index (χ0) is 13.7. The Bertz CT molecular complexity index is 569. The van der Waals surface area contributed by atoms with Crippen LogP contribution in [-0.2, 0) is 4.79 Å². The zero-order valence-electron chi connectivity index (χ0n) is 10.5. The number of amides is 1. The highest BCUT2D eigenvalue weighted by molar-refractivity contribution is 8.00. The van der Waals surface area contributed by atoms with Gasteiger partial charge in [-0.3, -0.25) is 4.79 Å². The number of para-hydroxylation sites is 1. The normalized spacial score (nSPS) is 10.2. The van der Waals surface area contributed by atoms with E-state index in [0.29, 0.717) is 16.5 Å². The second-order valence-electron chi connectivity index (χ2n) is 4.13. The minimum absolute atomic E-state index is 0.0568. The molecule has 0 unspecified atom stereocenters. The topological polar surface area (TPSA) is 29.1 Å². The molecule has 0 atom stereocenters. The molecule has 0 spiro atoms. The fourth-order valence-corrected chi connectivity index (χ4v) is 2.41. The molecule has 0 aromatic heterocycles. The summed E-state index contributed by atoms with van der Waals surface area (Å²) in [6.45, 7) is 2.04. The number of halogens is 1. The van der Waals surface area contributed by atoms with Crippen molar-refractivity contribution in [3.05, 3.63) is 59.1 Å². The number of rotatable bonds is 4. The molecule has 0 aliphatic carbocycles. The monoisotopic (exact) mass is 291 g/mol. The first kappa shape index (κ1) is 14.0. The molecule has 0 bridgehead atoms. The predicted octanol–water partition coefficient (Wildman–Crippen LogP) is 4.38. The second kappa shape index (κ2) is 6.64. The molecule has 0 aliphatic heterocycles. The van der Waals surface area contributed by atoms with Crippen molar-refractivity contribution in [2.45, 2.75) is 11.8 Å². The summed E-state index contributed by atoms with van der Waals surface area (Å²) in [7, 11) is 0. The van der Waals surface area contributed by atoms with Gasteiger partial charge in [0.1, 0.15) is 0 Å². The maximum atomic E-state index is 11.8. The lowest BCUT2D eigenvalue weighted by Crippen LogP contribution is -2.14. The van der Waals surface area contributed by atoms with E-state index in [9.17, 15) is 4.79 Å². The number of benzene rings is 2. The molecular weight excluding hydrogens is 278 g/mol. The van der Waals surface area contributed by atoms with Crippen molar-refractivity contribution in [2.75, 3.05) is 11.1 Å². The Labute approximate surface area is 122 Å². The molecule has 0 saturated heterocycles. The molecule has 19 heavy (non-hydrogen) atoms. The highest BCUT2D eigenvalue weighted by Gasteiger charge is 2.05. The third kappa shape index (κ3) is 4.30. The van der Waals surface area contributed by atoms with Crippen molar-refractivity contribution in [1.29, 1.82) is 0 Å². The van der Waals surface area contributed by atoms with Crippen molar-refractivity contribution < 1.29 is 4.79 Å². The second-order valence-corrected chi connectivity index (χ2v) is 5.59. The van der Waals surface area contributed by atoms with E-state index in [1.54, 1.807) is 12.1 Å². The number of hydrogen-bond acceptors (Lipinski definition) is 2. The molecule has 0 fully saturated rings. The SMILES string of the molecule is Cc1ccc(SCC(=O)Nc2ccccc2Cl)cc1. The highest BCUT2D eigenvalue weighted by Crippen LogP contribution is 2.22. The van der Waals surface area contributed by atoms with E-state index < -0.39 is 0 Å². The first-order valence-corrected chi connectivity index (χ1v) is 7.25. The minimum atomic E-state index is -0.0568. The van der Waals surface area contributed by atoms with E-state index in [-0.39, 0.29) is 5.91 Å². The van der Waals surface area contributed by atoms with Gasteiger partial charge in [0.25, 0.3) is 0 Å². The van der Waals surface area contributed by atoms with E-state index in [2.05, 4.69) is 5.32 Å². The number of aryl methyl sites for hydroxylation is 1. The largest absolute Gasteiger partial charge is 0.324 e. The van der Waals surface area contributed by atoms with E-state index >= 15 is 0 Å². The van der Waals surface area contributed by atoms with Gasteiger partial charge in [0.2, 0.25) is 5.91 Å². The Hall–Kier alpha value is -1.45. The zero-order valence-corrected chi connectivity index (χ0v) is 12.1. The van der Waals surface area contributed by atoms with Gasteiger partial charge in [-0.05, 0) is 31.2 Å². The molecule has 2 nitrogen and oxygen atoms in total. The van der Waals surface area contributed by atoms with Crippen LogP contribution in [0.2, 0.25) is 5.02 Å². The van der Waals surface area contributed by atoms with Gasteiger partial charge >= 0.3 is 0 Å². The van der Waals surface area contributed by atoms with Crippen molar-refractivity contribution >= 4 is 35.0 Å². The highest BCUT2D eigenvalue weighted by atomic mass is 35.5. The average molecular weight is 292 g/mol. The van der Waals surface area contributed by atoms with Gasteiger partial charge in [-0.1, -0.05) is 41.4 Å². The minimum Gasteiger partial charge on any atom is -0.324 e. The Morgan fingerprint density at radius 2 is 1.84 bits per heavy atom. The fraction of sp³-hybridized carbons (Fsp3) is 0.133. The lowest BCUT2D eigenvalue weighted by molar-refractivity contribution is -0.113. The van der Waals surface area contributed by atoms with Crippen LogP contribution >= 0.6 is 23.4 Å². The molecule has 0 saturated carbocycles. The molecular formula is C15H14ClNOS. The molecule has 2 rings (SSSR count). The first-order chi connectivity index (χ1) is 9.15. The Balaban J connectivity index is 1.88. The van der Waals surface area contributed by atoms with Gasteiger partial charge in [-0.15, -0.1) is 11.8 Å². The summed E-state index contributed by atoms with van der Waals surface area (Å²) in [5.74, 6) is 0.313. The van der Waals surface area contributed by atoms with Gasteiger partial charge in [0, 0.05) is 4.90 Å². The fourth-order valence-electron chi connectivity index (χ4n) is 1.53. The number of thioether (sulfide) groups is 1. The lowest BCUT2D eigenvalue weighted by atomic mass is 10.2. The summed E-state index contributed by atoms with van der Waals surface area (Å²) >= 11 is 7.49. The van der Waals surface area contributed by atoms with Gasteiger partial charge in [-0.25, -0.2) is 0 Å². The molecule has 2 aromatic carbocycles. The summed E-state index contributed by atoms with van der Waals surface area (Å²) in [5.41, 5.74) is 1.86. The van der Waals surface area contributed by atoms with E-state index in [1.807, 2.05) is 43.3 Å². The molecule has 0 heterocycles. The summed E-state index contributed by atoms with van der Waals surface area (Å²) < 4.78 is 0. The van der Waals surface area contributed by atoms with Crippen molar-refractivity contribution in [2.24, 2.45) is 0 Å². The van der Waals surface area contributed by atoms with E-state index in [1.165, 1.54) is 17.3 Å². The quantitative estimate of drug-likeness (QED) is 0.847. The number of anilines is 1. The van der Waals surface area contributed by atoms with Crippen LogP contribution < -0.4 is 5.32 Å². The smallest absolute Gasteiger partial charge is 0.234 e. The van der Waals surface area contributed by atoms with Crippen molar-refractivity contribution in [1.82, 2.24) is 0 Å².